The Morgan fingerprint density at radius 1 is 1.40 bits per heavy atom. The zero-order chi connectivity index (χ0) is 11.5. The van der Waals surface area contributed by atoms with Gasteiger partial charge >= 0.3 is 6.18 Å². The predicted molar refractivity (Wildman–Crippen MR) is 50.0 cm³/mol. The fourth-order valence-corrected chi connectivity index (χ4v) is 1.19. The molecule has 0 aliphatic rings. The van der Waals surface area contributed by atoms with Crippen LogP contribution in [0.4, 0.5) is 13.2 Å². The maximum atomic E-state index is 12.3. The van der Waals surface area contributed by atoms with E-state index in [1.54, 1.807) is 13.0 Å². The highest BCUT2D eigenvalue weighted by Crippen LogP contribution is 2.29. The number of alkyl halides is 3. The second-order valence-corrected chi connectivity index (χ2v) is 3.21. The fraction of sp³-hybridized carbons (Fsp3) is 0.300. The van der Waals surface area contributed by atoms with E-state index in [1.807, 2.05) is 0 Å². The molecule has 2 nitrogen and oxygen atoms in total. The third kappa shape index (κ3) is 3.27. The van der Waals surface area contributed by atoms with E-state index in [2.05, 4.69) is 5.16 Å². The van der Waals surface area contributed by atoms with Crippen LogP contribution in [0, 0.1) is 0 Å². The topological polar surface area (TPSA) is 32.6 Å². The van der Waals surface area contributed by atoms with Crippen molar-refractivity contribution in [3.05, 3.63) is 35.4 Å². The molecular formula is C10H10F3NO. The number of rotatable bonds is 2. The fourth-order valence-electron chi connectivity index (χ4n) is 1.19. The van der Waals surface area contributed by atoms with Crippen LogP contribution in [0.25, 0.3) is 0 Å². The van der Waals surface area contributed by atoms with E-state index < -0.39 is 11.7 Å². The van der Waals surface area contributed by atoms with Gasteiger partial charge in [0.1, 0.15) is 0 Å². The quantitative estimate of drug-likeness (QED) is 0.461. The minimum absolute atomic E-state index is 0.209. The van der Waals surface area contributed by atoms with E-state index in [0.29, 0.717) is 11.3 Å². The normalized spacial score (nSPS) is 12.9. The summed E-state index contributed by atoms with van der Waals surface area (Å²) in [6.45, 7) is 1.54. The summed E-state index contributed by atoms with van der Waals surface area (Å²) < 4.78 is 36.9. The summed E-state index contributed by atoms with van der Waals surface area (Å²) in [5.74, 6) is 0. The molecule has 0 heterocycles. The molecule has 1 N–H and O–H groups in total. The van der Waals surface area contributed by atoms with Crippen molar-refractivity contribution in [3.8, 4) is 0 Å². The summed E-state index contributed by atoms with van der Waals surface area (Å²) in [7, 11) is 0. The van der Waals surface area contributed by atoms with E-state index in [0.717, 1.165) is 12.1 Å². The molecule has 0 saturated carbocycles. The largest absolute Gasteiger partial charge is 0.416 e. The summed E-state index contributed by atoms with van der Waals surface area (Å²) in [5.41, 5.74) is 0.153. The highest BCUT2D eigenvalue weighted by molar-refractivity contribution is 5.83. The first kappa shape index (κ1) is 11.6. The maximum absolute atomic E-state index is 12.3. The highest BCUT2D eigenvalue weighted by Gasteiger charge is 2.30. The van der Waals surface area contributed by atoms with Gasteiger partial charge in [0.05, 0.1) is 11.3 Å². The Kier molecular flexibility index (Phi) is 3.34. The summed E-state index contributed by atoms with van der Waals surface area (Å²) in [4.78, 5) is 0. The van der Waals surface area contributed by atoms with Gasteiger partial charge in [-0.05, 0) is 18.6 Å². The first-order chi connectivity index (χ1) is 6.93. The van der Waals surface area contributed by atoms with Crippen molar-refractivity contribution in [1.29, 1.82) is 0 Å². The Labute approximate surface area is 85.0 Å². The molecule has 0 unspecified atom stereocenters. The molecule has 1 rings (SSSR count). The van der Waals surface area contributed by atoms with Crippen LogP contribution in [0.5, 0.6) is 0 Å². The lowest BCUT2D eigenvalue weighted by atomic mass is 10.1. The van der Waals surface area contributed by atoms with Gasteiger partial charge in [-0.3, -0.25) is 0 Å². The van der Waals surface area contributed by atoms with Gasteiger partial charge in [-0.15, -0.1) is 0 Å². The van der Waals surface area contributed by atoms with E-state index >= 15 is 0 Å². The van der Waals surface area contributed by atoms with Crippen LogP contribution in [0.3, 0.4) is 0 Å². The summed E-state index contributed by atoms with van der Waals surface area (Å²) in [5, 5.41) is 11.3. The lowest BCUT2D eigenvalue weighted by molar-refractivity contribution is -0.137. The average Bonchev–Trinajstić information content (AvgIpc) is 2.17. The minimum atomic E-state index is -4.33. The lowest BCUT2D eigenvalue weighted by Gasteiger charge is -2.08. The van der Waals surface area contributed by atoms with Crippen molar-refractivity contribution in [3.63, 3.8) is 0 Å². The van der Waals surface area contributed by atoms with Crippen LogP contribution in [-0.4, -0.2) is 10.9 Å². The molecule has 0 amide bonds. The van der Waals surface area contributed by atoms with Crippen molar-refractivity contribution < 1.29 is 18.4 Å². The molecular weight excluding hydrogens is 207 g/mol. The lowest BCUT2D eigenvalue weighted by Crippen LogP contribution is -2.06. The Bertz CT molecular complexity index is 371. The number of oxime groups is 1. The molecule has 0 saturated heterocycles. The third-order valence-electron chi connectivity index (χ3n) is 1.88. The van der Waals surface area contributed by atoms with Crippen LogP contribution < -0.4 is 0 Å². The number of hydrogen-bond donors (Lipinski definition) is 1. The predicted octanol–water partition coefficient (Wildman–Crippen LogP) is 3.10. The first-order valence-electron chi connectivity index (χ1n) is 4.27. The van der Waals surface area contributed by atoms with Crippen molar-refractivity contribution in [2.75, 3.05) is 0 Å². The Hall–Kier alpha value is -1.52. The minimum Gasteiger partial charge on any atom is -0.411 e. The van der Waals surface area contributed by atoms with E-state index in [-0.39, 0.29) is 6.42 Å². The zero-order valence-corrected chi connectivity index (χ0v) is 8.04. The van der Waals surface area contributed by atoms with Crippen molar-refractivity contribution in [2.45, 2.75) is 19.5 Å². The summed E-state index contributed by atoms with van der Waals surface area (Å²) >= 11 is 0. The van der Waals surface area contributed by atoms with Crippen LogP contribution in [0.2, 0.25) is 0 Å². The molecule has 0 aliphatic heterocycles. The second-order valence-electron chi connectivity index (χ2n) is 3.21. The second kappa shape index (κ2) is 4.33. The van der Waals surface area contributed by atoms with Crippen LogP contribution in [0.15, 0.2) is 29.4 Å². The molecule has 1 aromatic carbocycles. The standard InChI is InChI=1S/C10H10F3NO/c1-7(14-15)5-8-3-2-4-9(6-8)10(11,12)13/h2-4,6,15H,5H2,1H3. The molecule has 0 atom stereocenters. The SMILES string of the molecule is CC(Cc1cccc(C(F)(F)F)c1)=NO. The number of halogens is 3. The van der Waals surface area contributed by atoms with Crippen molar-refractivity contribution >= 4 is 5.71 Å². The van der Waals surface area contributed by atoms with Crippen LogP contribution in [-0.2, 0) is 12.6 Å². The third-order valence-corrected chi connectivity index (χ3v) is 1.88. The van der Waals surface area contributed by atoms with Crippen LogP contribution >= 0.6 is 0 Å². The molecule has 5 heteroatoms. The smallest absolute Gasteiger partial charge is 0.411 e. The van der Waals surface area contributed by atoms with Crippen molar-refractivity contribution in [1.82, 2.24) is 0 Å². The molecule has 0 bridgehead atoms. The van der Waals surface area contributed by atoms with Crippen LogP contribution in [0.1, 0.15) is 18.1 Å². The number of nitrogens with zero attached hydrogens (tertiary/aromatic N) is 1. The maximum Gasteiger partial charge on any atom is 0.416 e. The van der Waals surface area contributed by atoms with E-state index in [4.69, 9.17) is 5.21 Å². The summed E-state index contributed by atoms with van der Waals surface area (Å²) in [6.07, 6.45) is -4.12. The molecule has 1 aromatic rings. The molecule has 0 fully saturated rings. The van der Waals surface area contributed by atoms with Gasteiger partial charge in [0.2, 0.25) is 0 Å². The highest BCUT2D eigenvalue weighted by atomic mass is 19.4. The first-order valence-corrected chi connectivity index (χ1v) is 4.27. The zero-order valence-electron chi connectivity index (χ0n) is 8.04. The van der Waals surface area contributed by atoms with Gasteiger partial charge in [0, 0.05) is 6.42 Å². The number of hydrogen-bond acceptors (Lipinski definition) is 2. The van der Waals surface area contributed by atoms with Gasteiger partial charge in [0.15, 0.2) is 0 Å². The van der Waals surface area contributed by atoms with Gasteiger partial charge in [0.25, 0.3) is 0 Å². The monoisotopic (exact) mass is 217 g/mol. The van der Waals surface area contributed by atoms with Gasteiger partial charge < -0.3 is 5.21 Å². The van der Waals surface area contributed by atoms with E-state index in [1.165, 1.54) is 6.07 Å². The molecule has 0 spiro atoms. The molecule has 82 valence electrons. The molecule has 0 aliphatic carbocycles. The van der Waals surface area contributed by atoms with Gasteiger partial charge in [-0.1, -0.05) is 23.4 Å². The van der Waals surface area contributed by atoms with Gasteiger partial charge in [-0.2, -0.15) is 13.2 Å². The Morgan fingerprint density at radius 2 is 2.07 bits per heavy atom. The molecule has 0 aromatic heterocycles. The van der Waals surface area contributed by atoms with Gasteiger partial charge in [-0.25, -0.2) is 0 Å². The number of benzene rings is 1. The Balaban J connectivity index is 2.93. The summed E-state index contributed by atoms with van der Waals surface area (Å²) in [6, 6.07) is 4.95. The molecule has 0 radical (unpaired) electrons. The molecule has 15 heavy (non-hydrogen) atoms. The Morgan fingerprint density at radius 3 is 2.60 bits per heavy atom. The van der Waals surface area contributed by atoms with E-state index in [9.17, 15) is 13.2 Å². The average molecular weight is 217 g/mol. The van der Waals surface area contributed by atoms with Crippen molar-refractivity contribution in [2.24, 2.45) is 5.16 Å².